The van der Waals surface area contributed by atoms with E-state index < -0.39 is 5.97 Å². The molecular weight excluding hydrogens is 408 g/mol. The van der Waals surface area contributed by atoms with Crippen LogP contribution in [0.4, 0.5) is 5.82 Å². The number of carboxylic acid groups (broad SMARTS) is 1. The highest BCUT2D eigenvalue weighted by molar-refractivity contribution is 5.93. The molecule has 2 heterocycles. The van der Waals surface area contributed by atoms with Crippen LogP contribution in [0.2, 0.25) is 0 Å². The zero-order valence-corrected chi connectivity index (χ0v) is 17.4. The molecule has 0 spiro atoms. The van der Waals surface area contributed by atoms with E-state index in [4.69, 9.17) is 0 Å². The van der Waals surface area contributed by atoms with Crippen molar-refractivity contribution in [2.45, 2.75) is 19.9 Å². The first-order chi connectivity index (χ1) is 15.6. The van der Waals surface area contributed by atoms with E-state index in [0.717, 1.165) is 28.7 Å². The van der Waals surface area contributed by atoms with Crippen LogP contribution < -0.4 is 10.5 Å². The van der Waals surface area contributed by atoms with Gasteiger partial charge in [-0.05, 0) is 34.4 Å². The van der Waals surface area contributed by atoms with Crippen molar-refractivity contribution in [3.63, 3.8) is 0 Å². The van der Waals surface area contributed by atoms with Crippen LogP contribution in [0.25, 0.3) is 22.5 Å². The van der Waals surface area contributed by atoms with Crippen molar-refractivity contribution in [2.24, 2.45) is 0 Å². The van der Waals surface area contributed by atoms with Gasteiger partial charge in [0.1, 0.15) is 11.4 Å². The van der Waals surface area contributed by atoms with E-state index in [1.165, 1.54) is 12.1 Å². The molecule has 0 bridgehead atoms. The van der Waals surface area contributed by atoms with Gasteiger partial charge in [0.25, 0.3) is 0 Å². The second kappa shape index (κ2) is 9.25. The number of pyridine rings is 1. The summed E-state index contributed by atoms with van der Waals surface area (Å²) in [5, 5.41) is 23.8. The fourth-order valence-electron chi connectivity index (χ4n) is 3.64. The summed E-state index contributed by atoms with van der Waals surface area (Å²) in [5.41, 5.74) is 3.57. The summed E-state index contributed by atoms with van der Waals surface area (Å²) in [6.07, 6.45) is 0.798. The molecule has 0 aliphatic carbocycles. The van der Waals surface area contributed by atoms with Crippen LogP contribution in [0, 0.1) is 0 Å². The normalized spacial score (nSPS) is 10.8. The van der Waals surface area contributed by atoms with E-state index >= 15 is 0 Å². The highest BCUT2D eigenvalue weighted by Gasteiger charge is 2.17. The Hall–Kier alpha value is -4.27. The van der Waals surface area contributed by atoms with Gasteiger partial charge in [0.2, 0.25) is 11.4 Å². The lowest BCUT2D eigenvalue weighted by atomic mass is 9.98. The molecule has 4 aromatic rings. The van der Waals surface area contributed by atoms with Gasteiger partial charge in [0, 0.05) is 24.7 Å². The Kier molecular flexibility index (Phi) is 6.07. The topological polar surface area (TPSA) is 128 Å². The summed E-state index contributed by atoms with van der Waals surface area (Å²) in [5.74, 6) is -0.239. The van der Waals surface area contributed by atoms with Crippen molar-refractivity contribution < 1.29 is 9.90 Å². The molecule has 0 fully saturated rings. The minimum absolute atomic E-state index is 0.0729. The largest absolute Gasteiger partial charge is 0.478 e. The molecule has 9 heteroatoms. The zero-order valence-electron chi connectivity index (χ0n) is 17.4. The zero-order chi connectivity index (χ0) is 22.5. The molecule has 0 radical (unpaired) electrons. The fourth-order valence-corrected chi connectivity index (χ4v) is 3.64. The average molecular weight is 430 g/mol. The molecule has 32 heavy (non-hydrogen) atoms. The number of aromatic carboxylic acids is 1. The fraction of sp³-hybridized carbons (Fsp3) is 0.174. The van der Waals surface area contributed by atoms with Crippen molar-refractivity contribution in [1.29, 1.82) is 0 Å². The van der Waals surface area contributed by atoms with Crippen LogP contribution in [-0.2, 0) is 6.54 Å². The van der Waals surface area contributed by atoms with Crippen LogP contribution in [-0.4, -0.2) is 43.2 Å². The molecule has 0 saturated heterocycles. The Morgan fingerprint density at radius 2 is 1.78 bits per heavy atom. The van der Waals surface area contributed by atoms with Crippen LogP contribution >= 0.6 is 0 Å². The molecule has 0 aliphatic rings. The Labute approximate surface area is 183 Å². The number of carboxylic acids is 1. The molecular formula is C23H22N6O3. The van der Waals surface area contributed by atoms with Crippen LogP contribution in [0.15, 0.2) is 65.5 Å². The molecule has 2 aromatic carbocycles. The van der Waals surface area contributed by atoms with Gasteiger partial charge in [-0.2, -0.15) is 5.21 Å². The maximum absolute atomic E-state index is 11.9. The van der Waals surface area contributed by atoms with Gasteiger partial charge >= 0.3 is 5.97 Å². The second-order valence-corrected chi connectivity index (χ2v) is 7.29. The molecule has 3 N–H and O–H groups in total. The molecule has 9 nitrogen and oxygen atoms in total. The number of benzene rings is 2. The monoisotopic (exact) mass is 430 g/mol. The van der Waals surface area contributed by atoms with E-state index in [1.807, 2.05) is 60.4 Å². The number of nitrogens with zero attached hydrogens (tertiary/aromatic N) is 4. The average Bonchev–Trinajstić information content (AvgIpc) is 3.34. The lowest BCUT2D eigenvalue weighted by Gasteiger charge is -2.25. The maximum Gasteiger partial charge on any atom is 0.339 e. The standard InChI is InChI=1S/C23H22N6O3/c1-2-13-29(22-19(23(31)32)11-12-20(30)24-22)14-15-7-9-16(10-8-15)17-5-3-4-6-18(17)21-25-27-28-26-21/h3-12H,2,13-14H2,1H3,(H,24,30)(H,31,32)(H,25,26,27,28). The van der Waals surface area contributed by atoms with Crippen molar-refractivity contribution in [3.8, 4) is 22.5 Å². The molecule has 162 valence electrons. The Morgan fingerprint density at radius 1 is 1.03 bits per heavy atom. The molecule has 4 rings (SSSR count). The summed E-state index contributed by atoms with van der Waals surface area (Å²) in [7, 11) is 0. The highest BCUT2D eigenvalue weighted by atomic mass is 16.4. The number of aromatic amines is 2. The number of aromatic nitrogens is 5. The number of anilines is 1. The van der Waals surface area contributed by atoms with Crippen LogP contribution in [0.5, 0.6) is 0 Å². The molecule has 2 aromatic heterocycles. The quantitative estimate of drug-likeness (QED) is 0.391. The molecule has 0 amide bonds. The van der Waals surface area contributed by atoms with Gasteiger partial charge in [0.15, 0.2) is 0 Å². The minimum atomic E-state index is -1.08. The van der Waals surface area contributed by atoms with Crippen molar-refractivity contribution in [2.75, 3.05) is 11.4 Å². The number of hydrogen-bond donors (Lipinski definition) is 3. The number of tetrazole rings is 1. The lowest BCUT2D eigenvalue weighted by Crippen LogP contribution is -2.28. The third kappa shape index (κ3) is 4.41. The number of rotatable bonds is 8. The molecule has 0 saturated carbocycles. The van der Waals surface area contributed by atoms with E-state index in [0.29, 0.717) is 24.7 Å². The Bertz CT molecular complexity index is 1270. The predicted molar refractivity (Wildman–Crippen MR) is 120 cm³/mol. The lowest BCUT2D eigenvalue weighted by molar-refractivity contribution is 0.0697. The van der Waals surface area contributed by atoms with Gasteiger partial charge < -0.3 is 15.0 Å². The van der Waals surface area contributed by atoms with E-state index in [2.05, 4.69) is 25.6 Å². The van der Waals surface area contributed by atoms with Crippen molar-refractivity contribution in [3.05, 3.63) is 82.1 Å². The Morgan fingerprint density at radius 3 is 2.44 bits per heavy atom. The van der Waals surface area contributed by atoms with Gasteiger partial charge in [-0.25, -0.2) is 4.79 Å². The molecule has 0 unspecified atom stereocenters. The number of carbonyl (C=O) groups is 1. The van der Waals surface area contributed by atoms with Gasteiger partial charge in [-0.15, -0.1) is 10.2 Å². The molecule has 0 atom stereocenters. The predicted octanol–water partition coefficient (Wildman–Crippen LogP) is 3.34. The first kappa shape index (κ1) is 21.0. The molecule has 0 aliphatic heterocycles. The number of H-pyrrole nitrogens is 2. The highest BCUT2D eigenvalue weighted by Crippen LogP contribution is 2.30. The van der Waals surface area contributed by atoms with E-state index in [-0.39, 0.29) is 11.1 Å². The summed E-state index contributed by atoms with van der Waals surface area (Å²) in [4.78, 5) is 28.1. The second-order valence-electron chi connectivity index (χ2n) is 7.29. The third-order valence-electron chi connectivity index (χ3n) is 5.09. The third-order valence-corrected chi connectivity index (χ3v) is 5.09. The summed E-state index contributed by atoms with van der Waals surface area (Å²) in [6.45, 7) is 3.07. The van der Waals surface area contributed by atoms with Crippen molar-refractivity contribution >= 4 is 11.8 Å². The first-order valence-electron chi connectivity index (χ1n) is 10.2. The van der Waals surface area contributed by atoms with Gasteiger partial charge in [-0.1, -0.05) is 55.5 Å². The van der Waals surface area contributed by atoms with Crippen LogP contribution in [0.1, 0.15) is 29.3 Å². The first-order valence-corrected chi connectivity index (χ1v) is 10.2. The number of nitrogens with one attached hydrogen (secondary N) is 2. The summed E-state index contributed by atoms with van der Waals surface area (Å²) in [6, 6.07) is 18.4. The summed E-state index contributed by atoms with van der Waals surface area (Å²) >= 11 is 0. The van der Waals surface area contributed by atoms with E-state index in [9.17, 15) is 14.7 Å². The van der Waals surface area contributed by atoms with Crippen LogP contribution in [0.3, 0.4) is 0 Å². The van der Waals surface area contributed by atoms with Gasteiger partial charge in [0.05, 0.1) is 0 Å². The van der Waals surface area contributed by atoms with E-state index in [1.54, 1.807) is 0 Å². The summed E-state index contributed by atoms with van der Waals surface area (Å²) < 4.78 is 0. The maximum atomic E-state index is 11.9. The minimum Gasteiger partial charge on any atom is -0.478 e. The Balaban J connectivity index is 1.63. The smallest absolute Gasteiger partial charge is 0.339 e. The van der Waals surface area contributed by atoms with Gasteiger partial charge in [-0.3, -0.25) is 4.79 Å². The number of hydrogen-bond acceptors (Lipinski definition) is 6. The SMILES string of the molecule is CCCN(Cc1ccc(-c2ccccc2-c2nn[nH]n2)cc1)c1[nH]c(=O)ccc1C(=O)O. The van der Waals surface area contributed by atoms with Crippen molar-refractivity contribution in [1.82, 2.24) is 25.6 Å².